The lowest BCUT2D eigenvalue weighted by atomic mass is 10.1. The molecule has 0 atom stereocenters. The number of carbonyl (C=O) groups excluding carboxylic acids is 1. The highest BCUT2D eigenvalue weighted by Gasteiger charge is 2.19. The van der Waals surface area contributed by atoms with E-state index in [1.807, 2.05) is 6.07 Å². The second kappa shape index (κ2) is 7.23. The molecule has 5 nitrogen and oxygen atoms in total. The number of anilines is 1. The van der Waals surface area contributed by atoms with Gasteiger partial charge in [0.1, 0.15) is 5.69 Å². The van der Waals surface area contributed by atoms with Gasteiger partial charge in [0.15, 0.2) is 0 Å². The van der Waals surface area contributed by atoms with E-state index < -0.39 is 5.97 Å². The van der Waals surface area contributed by atoms with Crippen molar-refractivity contribution in [2.45, 2.75) is 6.92 Å². The summed E-state index contributed by atoms with van der Waals surface area (Å²) in [5, 5.41) is 13.4. The first-order chi connectivity index (χ1) is 12.4. The van der Waals surface area contributed by atoms with Crippen LogP contribution < -0.4 is 5.32 Å². The summed E-state index contributed by atoms with van der Waals surface area (Å²) >= 11 is 12.2. The normalized spacial score (nSPS) is 11.6. The molecule has 3 aromatic rings. The smallest absolute Gasteiger partial charge is 0.352 e. The Hall–Kier alpha value is -2.76. The minimum absolute atomic E-state index is 0.0592. The van der Waals surface area contributed by atoms with Crippen molar-refractivity contribution in [3.05, 3.63) is 69.3 Å². The fourth-order valence-corrected chi connectivity index (χ4v) is 3.21. The van der Waals surface area contributed by atoms with Crippen molar-refractivity contribution in [3.8, 4) is 0 Å². The van der Waals surface area contributed by atoms with E-state index in [-0.39, 0.29) is 11.6 Å². The molecule has 132 valence electrons. The molecule has 0 aliphatic carbocycles. The second-order valence-electron chi connectivity index (χ2n) is 5.68. The molecule has 0 fully saturated rings. The topological polar surface area (TPSA) is 82.2 Å². The molecule has 0 unspecified atom stereocenters. The zero-order chi connectivity index (χ0) is 18.8. The molecule has 0 aliphatic rings. The number of aromatic amines is 1. The predicted molar refractivity (Wildman–Crippen MR) is 104 cm³/mol. The molecule has 1 heterocycles. The largest absolute Gasteiger partial charge is 0.477 e. The Bertz CT molecular complexity index is 1040. The van der Waals surface area contributed by atoms with Crippen LogP contribution in [0, 0.1) is 0 Å². The van der Waals surface area contributed by atoms with E-state index in [0.717, 1.165) is 0 Å². The van der Waals surface area contributed by atoms with Crippen LogP contribution in [0.1, 0.15) is 23.0 Å². The average molecular weight is 389 g/mol. The highest BCUT2D eigenvalue weighted by molar-refractivity contribution is 6.39. The van der Waals surface area contributed by atoms with Gasteiger partial charge in [-0.2, -0.15) is 0 Å². The van der Waals surface area contributed by atoms with Gasteiger partial charge in [0.05, 0.1) is 5.02 Å². The average Bonchev–Trinajstić information content (AvgIpc) is 2.94. The molecule has 0 spiro atoms. The Balaban J connectivity index is 2.06. The Morgan fingerprint density at radius 3 is 2.50 bits per heavy atom. The lowest BCUT2D eigenvalue weighted by Gasteiger charge is -2.06. The van der Waals surface area contributed by atoms with E-state index >= 15 is 0 Å². The predicted octanol–water partition coefficient (Wildman–Crippen LogP) is 5.21. The van der Waals surface area contributed by atoms with Gasteiger partial charge < -0.3 is 15.4 Å². The van der Waals surface area contributed by atoms with Crippen LogP contribution in [-0.2, 0) is 4.79 Å². The fraction of sp³-hybridized carbons (Fsp3) is 0.0526. The first-order valence-electron chi connectivity index (χ1n) is 7.65. The van der Waals surface area contributed by atoms with Crippen LogP contribution in [0.15, 0.2) is 48.0 Å². The third kappa shape index (κ3) is 3.59. The molecule has 0 aliphatic heterocycles. The zero-order valence-electron chi connectivity index (χ0n) is 13.6. The number of hydrogen-bond acceptors (Lipinski definition) is 2. The number of carboxylic acids is 1. The molecular formula is C19H14Cl2N2O3. The van der Waals surface area contributed by atoms with Crippen LogP contribution >= 0.6 is 23.2 Å². The van der Waals surface area contributed by atoms with Crippen molar-refractivity contribution in [3.63, 3.8) is 0 Å². The summed E-state index contributed by atoms with van der Waals surface area (Å²) < 4.78 is 0. The van der Waals surface area contributed by atoms with E-state index in [9.17, 15) is 14.7 Å². The molecule has 0 radical (unpaired) electrons. The Morgan fingerprint density at radius 1 is 1.15 bits per heavy atom. The highest BCUT2D eigenvalue weighted by Crippen LogP contribution is 2.34. The molecule has 26 heavy (non-hydrogen) atoms. The maximum Gasteiger partial charge on any atom is 0.352 e. The van der Waals surface area contributed by atoms with E-state index in [2.05, 4.69) is 10.3 Å². The third-order valence-corrected chi connectivity index (χ3v) is 4.33. The number of nitrogens with one attached hydrogen (secondary N) is 2. The molecule has 2 aromatic carbocycles. The third-order valence-electron chi connectivity index (χ3n) is 3.82. The van der Waals surface area contributed by atoms with Gasteiger partial charge in [0.25, 0.3) is 5.91 Å². The van der Waals surface area contributed by atoms with Crippen molar-refractivity contribution >= 4 is 57.7 Å². The van der Waals surface area contributed by atoms with Crippen molar-refractivity contribution in [1.29, 1.82) is 0 Å². The summed E-state index contributed by atoms with van der Waals surface area (Å²) in [6, 6.07) is 12.1. The van der Waals surface area contributed by atoms with Gasteiger partial charge in [0.2, 0.25) is 0 Å². The molecule has 0 saturated heterocycles. The van der Waals surface area contributed by atoms with Crippen molar-refractivity contribution in [1.82, 2.24) is 4.98 Å². The number of amides is 1. The van der Waals surface area contributed by atoms with Crippen molar-refractivity contribution < 1.29 is 14.7 Å². The maximum absolute atomic E-state index is 12.4. The SMILES string of the molecule is CC(=Cc1c(C(=O)O)[nH]c2cc(Cl)cc(Cl)c12)C(=O)Nc1ccccc1. The summed E-state index contributed by atoms with van der Waals surface area (Å²) in [6.45, 7) is 1.60. The number of hydrogen-bond donors (Lipinski definition) is 3. The Kier molecular flexibility index (Phi) is 5.02. The van der Waals surface area contributed by atoms with Crippen LogP contribution in [0.4, 0.5) is 5.69 Å². The van der Waals surface area contributed by atoms with Crippen molar-refractivity contribution in [2.24, 2.45) is 0 Å². The molecule has 0 bridgehead atoms. The van der Waals surface area contributed by atoms with Gasteiger partial charge in [-0.3, -0.25) is 4.79 Å². The Labute approximate surface area is 159 Å². The number of carbonyl (C=O) groups is 2. The van der Waals surface area contributed by atoms with E-state index in [4.69, 9.17) is 23.2 Å². The van der Waals surface area contributed by atoms with Gasteiger partial charge in [-0.25, -0.2) is 4.79 Å². The summed E-state index contributed by atoms with van der Waals surface area (Å²) in [4.78, 5) is 26.8. The van der Waals surface area contributed by atoms with Gasteiger partial charge >= 0.3 is 5.97 Å². The molecule has 3 rings (SSSR count). The zero-order valence-corrected chi connectivity index (χ0v) is 15.2. The number of para-hydroxylation sites is 1. The summed E-state index contributed by atoms with van der Waals surface area (Å²) in [5.41, 5.74) is 1.74. The maximum atomic E-state index is 12.4. The fourth-order valence-electron chi connectivity index (χ4n) is 2.62. The van der Waals surface area contributed by atoms with E-state index in [0.29, 0.717) is 37.8 Å². The summed E-state index contributed by atoms with van der Waals surface area (Å²) in [5.74, 6) is -1.50. The first kappa shape index (κ1) is 18.0. The molecule has 1 aromatic heterocycles. The van der Waals surface area contributed by atoms with Gasteiger partial charge in [-0.05, 0) is 37.3 Å². The van der Waals surface area contributed by atoms with Gasteiger partial charge in [-0.15, -0.1) is 0 Å². The monoisotopic (exact) mass is 388 g/mol. The number of fused-ring (bicyclic) bond motifs is 1. The summed E-state index contributed by atoms with van der Waals surface area (Å²) in [7, 11) is 0. The number of halogens is 2. The van der Waals surface area contributed by atoms with Crippen LogP contribution in [-0.4, -0.2) is 22.0 Å². The molecule has 1 amide bonds. The van der Waals surface area contributed by atoms with Crippen LogP contribution in [0.25, 0.3) is 17.0 Å². The Morgan fingerprint density at radius 2 is 1.85 bits per heavy atom. The first-order valence-corrected chi connectivity index (χ1v) is 8.41. The van der Waals surface area contributed by atoms with E-state index in [1.165, 1.54) is 12.1 Å². The highest BCUT2D eigenvalue weighted by atomic mass is 35.5. The molecule has 7 heteroatoms. The number of benzene rings is 2. The van der Waals surface area contributed by atoms with Crippen LogP contribution in [0.3, 0.4) is 0 Å². The number of carboxylic acid groups (broad SMARTS) is 1. The summed E-state index contributed by atoms with van der Waals surface area (Å²) in [6.07, 6.45) is 1.50. The quantitative estimate of drug-likeness (QED) is 0.536. The van der Waals surface area contributed by atoms with E-state index in [1.54, 1.807) is 37.3 Å². The second-order valence-corrected chi connectivity index (χ2v) is 6.52. The number of H-pyrrole nitrogens is 1. The van der Waals surface area contributed by atoms with Crippen LogP contribution in [0.5, 0.6) is 0 Å². The lowest BCUT2D eigenvalue weighted by molar-refractivity contribution is -0.112. The molecule has 0 saturated carbocycles. The van der Waals surface area contributed by atoms with Crippen molar-refractivity contribution in [2.75, 3.05) is 5.32 Å². The molecule has 3 N–H and O–H groups in total. The number of aromatic carboxylic acids is 1. The minimum atomic E-state index is -1.16. The number of rotatable bonds is 4. The minimum Gasteiger partial charge on any atom is -0.477 e. The van der Waals surface area contributed by atoms with Crippen LogP contribution in [0.2, 0.25) is 10.0 Å². The van der Waals surface area contributed by atoms with Gasteiger partial charge in [-0.1, -0.05) is 41.4 Å². The molecular weight excluding hydrogens is 375 g/mol. The standard InChI is InChI=1S/C19H14Cl2N2O3/c1-10(18(24)22-12-5-3-2-4-6-12)7-13-16-14(21)8-11(20)9-15(16)23-17(13)19(25)26/h2-9,23H,1H3,(H,22,24)(H,25,26). The van der Waals surface area contributed by atoms with Gasteiger partial charge in [0, 0.05) is 32.7 Å². The number of aromatic nitrogens is 1. The lowest BCUT2D eigenvalue weighted by Crippen LogP contribution is -2.12.